The van der Waals surface area contributed by atoms with E-state index in [0.29, 0.717) is 11.5 Å². The Morgan fingerprint density at radius 3 is 2.36 bits per heavy atom. The van der Waals surface area contributed by atoms with Gasteiger partial charge in [0.1, 0.15) is 11.5 Å². The van der Waals surface area contributed by atoms with E-state index in [9.17, 15) is 9.59 Å². The van der Waals surface area contributed by atoms with Gasteiger partial charge < -0.3 is 14.8 Å². The minimum Gasteiger partial charge on any atom is -0.497 e. The number of benzene rings is 1. The summed E-state index contributed by atoms with van der Waals surface area (Å²) >= 11 is 0. The molecule has 0 atom stereocenters. The third kappa shape index (κ3) is 5.27. The number of hydrogen-bond donors (Lipinski definition) is 2. The molecule has 2 rings (SSSR count). The molecule has 0 aromatic heterocycles. The fraction of sp³-hybridized carbons (Fsp3) is 0.500. The second-order valence-corrected chi connectivity index (χ2v) is 5.32. The zero-order valence-corrected chi connectivity index (χ0v) is 12.8. The van der Waals surface area contributed by atoms with Crippen molar-refractivity contribution in [1.29, 1.82) is 0 Å². The first-order valence-electron chi connectivity index (χ1n) is 7.54. The lowest BCUT2D eigenvalue weighted by Gasteiger charge is -2.22. The third-order valence-electron chi connectivity index (χ3n) is 3.62. The first-order chi connectivity index (χ1) is 10.7. The van der Waals surface area contributed by atoms with Crippen molar-refractivity contribution in [3.05, 3.63) is 24.3 Å². The van der Waals surface area contributed by atoms with Crippen LogP contribution in [-0.2, 0) is 4.79 Å². The number of amides is 3. The SMILES string of the molecule is COc1ccc(OCC(=O)NC(=O)NC2CCCCC2)cc1. The average molecular weight is 306 g/mol. The van der Waals surface area contributed by atoms with Gasteiger partial charge in [0.25, 0.3) is 5.91 Å². The highest BCUT2D eigenvalue weighted by Crippen LogP contribution is 2.17. The molecule has 6 nitrogen and oxygen atoms in total. The largest absolute Gasteiger partial charge is 0.497 e. The third-order valence-corrected chi connectivity index (χ3v) is 3.62. The zero-order valence-electron chi connectivity index (χ0n) is 12.8. The molecule has 1 aliphatic rings. The maximum atomic E-state index is 11.7. The van der Waals surface area contributed by atoms with E-state index < -0.39 is 11.9 Å². The van der Waals surface area contributed by atoms with Gasteiger partial charge in [0.15, 0.2) is 6.61 Å². The number of imide groups is 1. The second kappa shape index (κ2) is 8.26. The number of methoxy groups -OCH3 is 1. The molecule has 1 aromatic rings. The maximum Gasteiger partial charge on any atom is 0.321 e. The molecular weight excluding hydrogens is 284 g/mol. The summed E-state index contributed by atoms with van der Waals surface area (Å²) < 4.78 is 10.3. The molecule has 1 aromatic carbocycles. The lowest BCUT2D eigenvalue weighted by atomic mass is 9.96. The highest BCUT2D eigenvalue weighted by Gasteiger charge is 2.17. The van der Waals surface area contributed by atoms with Crippen LogP contribution >= 0.6 is 0 Å². The van der Waals surface area contributed by atoms with Crippen molar-refractivity contribution in [2.24, 2.45) is 0 Å². The Kier molecular flexibility index (Phi) is 6.06. The van der Waals surface area contributed by atoms with E-state index in [1.165, 1.54) is 6.42 Å². The van der Waals surface area contributed by atoms with E-state index in [-0.39, 0.29) is 12.6 Å². The lowest BCUT2D eigenvalue weighted by Crippen LogP contribution is -2.46. The van der Waals surface area contributed by atoms with Crippen LogP contribution in [0.25, 0.3) is 0 Å². The molecule has 2 N–H and O–H groups in total. The quantitative estimate of drug-likeness (QED) is 0.874. The van der Waals surface area contributed by atoms with Gasteiger partial charge in [-0.2, -0.15) is 0 Å². The summed E-state index contributed by atoms with van der Waals surface area (Å²) in [6.07, 6.45) is 5.42. The molecule has 0 radical (unpaired) electrons. The van der Waals surface area contributed by atoms with Gasteiger partial charge in [0.05, 0.1) is 7.11 Å². The van der Waals surface area contributed by atoms with Crippen molar-refractivity contribution in [3.63, 3.8) is 0 Å². The average Bonchev–Trinajstić information content (AvgIpc) is 2.54. The first-order valence-corrected chi connectivity index (χ1v) is 7.54. The predicted molar refractivity (Wildman–Crippen MR) is 82.0 cm³/mol. The van der Waals surface area contributed by atoms with E-state index in [1.54, 1.807) is 31.4 Å². The molecule has 0 heterocycles. The molecule has 1 aliphatic carbocycles. The Morgan fingerprint density at radius 1 is 1.09 bits per heavy atom. The van der Waals surface area contributed by atoms with Crippen molar-refractivity contribution in [1.82, 2.24) is 10.6 Å². The molecule has 22 heavy (non-hydrogen) atoms. The Morgan fingerprint density at radius 2 is 1.73 bits per heavy atom. The number of rotatable bonds is 5. The molecular formula is C16H22N2O4. The summed E-state index contributed by atoms with van der Waals surface area (Å²) in [5, 5.41) is 5.10. The monoisotopic (exact) mass is 306 g/mol. The standard InChI is InChI=1S/C16H22N2O4/c1-21-13-7-9-14(10-8-13)22-11-15(19)18-16(20)17-12-5-3-2-4-6-12/h7-10,12H,2-6,11H2,1H3,(H2,17,18,19,20). The van der Waals surface area contributed by atoms with Crippen LogP contribution in [0.15, 0.2) is 24.3 Å². The zero-order chi connectivity index (χ0) is 15.8. The molecule has 1 fully saturated rings. The van der Waals surface area contributed by atoms with Crippen LogP contribution in [0.5, 0.6) is 11.5 Å². The number of nitrogens with one attached hydrogen (secondary N) is 2. The molecule has 1 saturated carbocycles. The number of carbonyl (C=O) groups excluding carboxylic acids is 2. The summed E-state index contributed by atoms with van der Waals surface area (Å²) in [7, 11) is 1.58. The van der Waals surface area contributed by atoms with Crippen LogP contribution in [0.2, 0.25) is 0 Å². The van der Waals surface area contributed by atoms with E-state index in [1.807, 2.05) is 0 Å². The van der Waals surface area contributed by atoms with Crippen molar-refractivity contribution in [3.8, 4) is 11.5 Å². The molecule has 0 aliphatic heterocycles. The normalized spacial score (nSPS) is 15.0. The molecule has 0 saturated heterocycles. The van der Waals surface area contributed by atoms with E-state index in [0.717, 1.165) is 25.7 Å². The topological polar surface area (TPSA) is 76.7 Å². The highest BCUT2D eigenvalue weighted by atomic mass is 16.5. The Balaban J connectivity index is 1.68. The maximum absolute atomic E-state index is 11.7. The number of carbonyl (C=O) groups is 2. The van der Waals surface area contributed by atoms with Crippen molar-refractivity contribution in [2.45, 2.75) is 38.1 Å². The summed E-state index contributed by atoms with van der Waals surface area (Å²) in [6, 6.07) is 6.60. The Bertz CT molecular complexity index is 495. The number of urea groups is 1. The van der Waals surface area contributed by atoms with Crippen molar-refractivity contribution >= 4 is 11.9 Å². The molecule has 120 valence electrons. The van der Waals surface area contributed by atoms with Gasteiger partial charge in [0, 0.05) is 6.04 Å². The second-order valence-electron chi connectivity index (χ2n) is 5.32. The summed E-state index contributed by atoms with van der Waals surface area (Å²) in [5.74, 6) is 0.788. The Labute approximate surface area is 130 Å². The highest BCUT2D eigenvalue weighted by molar-refractivity contribution is 5.95. The van der Waals surface area contributed by atoms with Gasteiger partial charge in [-0.25, -0.2) is 4.79 Å². The van der Waals surface area contributed by atoms with Gasteiger partial charge in [-0.05, 0) is 37.1 Å². The van der Waals surface area contributed by atoms with Crippen LogP contribution in [0.4, 0.5) is 4.79 Å². The molecule has 0 unspecified atom stereocenters. The van der Waals surface area contributed by atoms with Crippen LogP contribution in [0.1, 0.15) is 32.1 Å². The van der Waals surface area contributed by atoms with Gasteiger partial charge in [0.2, 0.25) is 0 Å². The summed E-state index contributed by atoms with van der Waals surface area (Å²) in [4.78, 5) is 23.4. The predicted octanol–water partition coefficient (Wildman–Crippen LogP) is 2.23. The fourth-order valence-corrected chi connectivity index (χ4v) is 2.45. The summed E-state index contributed by atoms with van der Waals surface area (Å²) in [6.45, 7) is -0.204. The molecule has 0 bridgehead atoms. The fourth-order valence-electron chi connectivity index (χ4n) is 2.45. The van der Waals surface area contributed by atoms with Crippen LogP contribution in [0.3, 0.4) is 0 Å². The Hall–Kier alpha value is -2.24. The number of ether oxygens (including phenoxy) is 2. The van der Waals surface area contributed by atoms with Crippen LogP contribution in [-0.4, -0.2) is 31.7 Å². The lowest BCUT2D eigenvalue weighted by molar-refractivity contribution is -0.122. The van der Waals surface area contributed by atoms with E-state index in [4.69, 9.17) is 9.47 Å². The molecule has 0 spiro atoms. The van der Waals surface area contributed by atoms with Gasteiger partial charge >= 0.3 is 6.03 Å². The van der Waals surface area contributed by atoms with Crippen LogP contribution < -0.4 is 20.1 Å². The minimum atomic E-state index is -0.468. The molecule has 6 heteroatoms. The van der Waals surface area contributed by atoms with Crippen molar-refractivity contribution in [2.75, 3.05) is 13.7 Å². The first kappa shape index (κ1) is 16.1. The van der Waals surface area contributed by atoms with Gasteiger partial charge in [-0.15, -0.1) is 0 Å². The minimum absolute atomic E-state index is 0.170. The van der Waals surface area contributed by atoms with Crippen molar-refractivity contribution < 1.29 is 19.1 Å². The smallest absolute Gasteiger partial charge is 0.321 e. The van der Waals surface area contributed by atoms with Crippen LogP contribution in [0, 0.1) is 0 Å². The molecule has 3 amide bonds. The van der Waals surface area contributed by atoms with E-state index in [2.05, 4.69) is 10.6 Å². The summed E-state index contributed by atoms with van der Waals surface area (Å²) in [5.41, 5.74) is 0. The van der Waals surface area contributed by atoms with Gasteiger partial charge in [-0.1, -0.05) is 19.3 Å². The number of hydrogen-bond acceptors (Lipinski definition) is 4. The van der Waals surface area contributed by atoms with Gasteiger partial charge in [-0.3, -0.25) is 10.1 Å². The van der Waals surface area contributed by atoms with E-state index >= 15 is 0 Å².